The zero-order chi connectivity index (χ0) is 22.9. The van der Waals surface area contributed by atoms with E-state index in [0.717, 1.165) is 19.5 Å². The number of amides is 2. The van der Waals surface area contributed by atoms with Gasteiger partial charge >= 0.3 is 0 Å². The number of nitrogens with zero attached hydrogens (tertiary/aromatic N) is 2. The Morgan fingerprint density at radius 2 is 2.00 bits per heavy atom. The average Bonchev–Trinajstić information content (AvgIpc) is 2.77. The van der Waals surface area contributed by atoms with Gasteiger partial charge in [-0.15, -0.1) is 0 Å². The normalized spacial score (nSPS) is 14.6. The Morgan fingerprint density at radius 3 is 2.78 bits per heavy atom. The molecule has 2 aromatic carbocycles. The van der Waals surface area contributed by atoms with Crippen molar-refractivity contribution in [1.82, 2.24) is 15.1 Å². The van der Waals surface area contributed by atoms with Crippen LogP contribution in [0.5, 0.6) is 5.75 Å². The number of fused-ring (bicyclic) bond motifs is 1. The third-order valence-electron chi connectivity index (χ3n) is 5.44. The van der Waals surface area contributed by atoms with E-state index in [1.54, 1.807) is 36.2 Å². The van der Waals surface area contributed by atoms with E-state index in [0.29, 0.717) is 31.0 Å². The Labute approximate surface area is 189 Å². The van der Waals surface area contributed by atoms with Gasteiger partial charge in [0.1, 0.15) is 12.4 Å². The monoisotopic (exact) mass is 440 g/mol. The lowest BCUT2D eigenvalue weighted by atomic mass is 10.00. The Morgan fingerprint density at radius 1 is 1.22 bits per heavy atom. The van der Waals surface area contributed by atoms with Gasteiger partial charge in [-0.1, -0.05) is 30.3 Å². The Hall–Kier alpha value is -2.94. The molecule has 0 radical (unpaired) electrons. The van der Waals surface area contributed by atoms with Crippen LogP contribution in [0.15, 0.2) is 48.5 Å². The van der Waals surface area contributed by atoms with Crippen LogP contribution in [0.3, 0.4) is 0 Å². The molecule has 0 fully saturated rings. The molecule has 1 unspecified atom stereocenters. The second-order valence-corrected chi connectivity index (χ2v) is 8.20. The number of carbonyl (C=O) groups excluding carboxylic acids is 2. The SMILES string of the molecule is CN(CCOc1cccc(C(=O)NCC(O)CN2CCc3ccccc3C2)c1)CC(N)=O. The number of rotatable bonds is 11. The maximum atomic E-state index is 12.5. The standard InChI is InChI=1S/C24H32N4O4/c1-27(17-23(25)30)11-12-32-22-8-4-7-19(13-22)24(31)26-14-21(29)16-28-10-9-18-5-2-3-6-20(18)15-28/h2-8,13,21,29H,9-12,14-17H2,1H3,(H2,25,30)(H,26,31). The molecule has 1 aliphatic rings. The van der Waals surface area contributed by atoms with E-state index in [9.17, 15) is 14.7 Å². The van der Waals surface area contributed by atoms with Gasteiger partial charge in [0.25, 0.3) is 5.91 Å². The summed E-state index contributed by atoms with van der Waals surface area (Å²) in [6, 6.07) is 15.3. The topological polar surface area (TPSA) is 108 Å². The smallest absolute Gasteiger partial charge is 0.251 e. The van der Waals surface area contributed by atoms with Crippen LogP contribution in [0, 0.1) is 0 Å². The van der Waals surface area contributed by atoms with Gasteiger partial charge in [0.05, 0.1) is 12.6 Å². The van der Waals surface area contributed by atoms with E-state index in [-0.39, 0.29) is 19.0 Å². The van der Waals surface area contributed by atoms with Crippen molar-refractivity contribution >= 4 is 11.8 Å². The molecule has 8 heteroatoms. The van der Waals surface area contributed by atoms with E-state index in [4.69, 9.17) is 10.5 Å². The number of ether oxygens (including phenoxy) is 1. The second-order valence-electron chi connectivity index (χ2n) is 8.20. The number of β-amino-alcohol motifs (C(OH)–C–C–N with tert-alkyl or cyclic N) is 1. The van der Waals surface area contributed by atoms with Crippen LogP contribution in [-0.4, -0.2) is 79.2 Å². The number of hydrogen-bond donors (Lipinski definition) is 3. The third-order valence-corrected chi connectivity index (χ3v) is 5.44. The summed E-state index contributed by atoms with van der Waals surface area (Å²) in [5, 5.41) is 13.2. The summed E-state index contributed by atoms with van der Waals surface area (Å²) in [4.78, 5) is 27.4. The summed E-state index contributed by atoms with van der Waals surface area (Å²) >= 11 is 0. The summed E-state index contributed by atoms with van der Waals surface area (Å²) < 4.78 is 5.67. The van der Waals surface area contributed by atoms with Crippen LogP contribution in [0.2, 0.25) is 0 Å². The van der Waals surface area contributed by atoms with Crippen LogP contribution >= 0.6 is 0 Å². The van der Waals surface area contributed by atoms with Gasteiger partial charge in [-0.05, 0) is 42.8 Å². The molecule has 0 bridgehead atoms. The average molecular weight is 441 g/mol. The maximum Gasteiger partial charge on any atom is 0.251 e. The highest BCUT2D eigenvalue weighted by atomic mass is 16.5. The summed E-state index contributed by atoms with van der Waals surface area (Å²) in [5.74, 6) is -0.0829. The molecule has 2 amide bonds. The summed E-state index contributed by atoms with van der Waals surface area (Å²) in [5.41, 5.74) is 8.30. The predicted molar refractivity (Wildman–Crippen MR) is 122 cm³/mol. The molecule has 0 aliphatic carbocycles. The molecule has 1 aliphatic heterocycles. The van der Waals surface area contributed by atoms with Crippen molar-refractivity contribution in [2.24, 2.45) is 5.73 Å². The first-order valence-electron chi connectivity index (χ1n) is 10.9. The quantitative estimate of drug-likeness (QED) is 0.473. The molecule has 1 heterocycles. The first-order valence-corrected chi connectivity index (χ1v) is 10.9. The molecule has 1 atom stereocenters. The lowest BCUT2D eigenvalue weighted by Gasteiger charge is -2.30. The summed E-state index contributed by atoms with van der Waals surface area (Å²) in [6.07, 6.45) is 0.324. The van der Waals surface area contributed by atoms with Crippen LogP contribution in [-0.2, 0) is 17.8 Å². The molecule has 0 aromatic heterocycles. The lowest BCUT2D eigenvalue weighted by molar-refractivity contribution is -0.118. The lowest BCUT2D eigenvalue weighted by Crippen LogP contribution is -2.42. The number of carbonyl (C=O) groups is 2. The van der Waals surface area contributed by atoms with E-state index in [2.05, 4.69) is 28.4 Å². The number of aliphatic hydroxyl groups is 1. The number of likely N-dealkylation sites (N-methyl/N-ethyl adjacent to an activating group) is 1. The maximum absolute atomic E-state index is 12.5. The zero-order valence-corrected chi connectivity index (χ0v) is 18.5. The van der Waals surface area contributed by atoms with Crippen LogP contribution in [0.25, 0.3) is 0 Å². The molecule has 3 rings (SSSR count). The van der Waals surface area contributed by atoms with Crippen LogP contribution < -0.4 is 15.8 Å². The molecule has 2 aromatic rings. The minimum atomic E-state index is -0.649. The highest BCUT2D eigenvalue weighted by molar-refractivity contribution is 5.94. The number of aliphatic hydroxyl groups excluding tert-OH is 1. The fraction of sp³-hybridized carbons (Fsp3) is 0.417. The number of benzene rings is 2. The number of hydrogen-bond acceptors (Lipinski definition) is 6. The molecular weight excluding hydrogens is 408 g/mol. The van der Waals surface area contributed by atoms with E-state index in [1.165, 1.54) is 11.1 Å². The van der Waals surface area contributed by atoms with Crippen molar-refractivity contribution in [3.8, 4) is 5.75 Å². The minimum absolute atomic E-state index is 0.165. The second kappa shape index (κ2) is 11.6. The van der Waals surface area contributed by atoms with Gasteiger partial charge < -0.3 is 20.9 Å². The van der Waals surface area contributed by atoms with E-state index in [1.807, 2.05) is 6.07 Å². The molecule has 0 spiro atoms. The third kappa shape index (κ3) is 7.33. The summed E-state index contributed by atoms with van der Waals surface area (Å²) in [6.45, 7) is 3.47. The van der Waals surface area contributed by atoms with Crippen molar-refractivity contribution in [3.05, 3.63) is 65.2 Å². The van der Waals surface area contributed by atoms with Crippen molar-refractivity contribution in [2.45, 2.75) is 19.1 Å². The number of primary amides is 1. The molecule has 0 saturated heterocycles. The van der Waals surface area contributed by atoms with Gasteiger partial charge in [-0.25, -0.2) is 0 Å². The molecular formula is C24H32N4O4. The fourth-order valence-corrected chi connectivity index (χ4v) is 3.78. The molecule has 8 nitrogen and oxygen atoms in total. The molecule has 172 valence electrons. The van der Waals surface area contributed by atoms with Crippen molar-refractivity contribution < 1.29 is 19.4 Å². The van der Waals surface area contributed by atoms with Crippen LogP contribution in [0.4, 0.5) is 0 Å². The molecule has 0 saturated carbocycles. The Balaban J connectivity index is 1.41. The number of nitrogens with one attached hydrogen (secondary N) is 1. The van der Waals surface area contributed by atoms with E-state index < -0.39 is 12.0 Å². The predicted octanol–water partition coefficient (Wildman–Crippen LogP) is 0.632. The van der Waals surface area contributed by atoms with E-state index >= 15 is 0 Å². The minimum Gasteiger partial charge on any atom is -0.492 e. The first kappa shape index (κ1) is 23.7. The molecule has 32 heavy (non-hydrogen) atoms. The number of nitrogens with two attached hydrogens (primary N) is 1. The highest BCUT2D eigenvalue weighted by Gasteiger charge is 2.19. The van der Waals surface area contributed by atoms with Gasteiger partial charge in [-0.3, -0.25) is 19.4 Å². The molecule has 4 N–H and O–H groups in total. The van der Waals surface area contributed by atoms with Crippen molar-refractivity contribution in [3.63, 3.8) is 0 Å². The first-order chi connectivity index (χ1) is 15.4. The van der Waals surface area contributed by atoms with Gasteiger partial charge in [0.2, 0.25) is 5.91 Å². The van der Waals surface area contributed by atoms with Gasteiger partial charge in [-0.2, -0.15) is 0 Å². The Bertz CT molecular complexity index is 920. The zero-order valence-electron chi connectivity index (χ0n) is 18.5. The van der Waals surface area contributed by atoms with Crippen molar-refractivity contribution in [1.29, 1.82) is 0 Å². The summed E-state index contributed by atoms with van der Waals surface area (Å²) in [7, 11) is 1.78. The van der Waals surface area contributed by atoms with Crippen LogP contribution in [0.1, 0.15) is 21.5 Å². The largest absolute Gasteiger partial charge is 0.492 e. The Kier molecular flexibility index (Phi) is 8.61. The van der Waals surface area contributed by atoms with Gasteiger partial charge in [0.15, 0.2) is 0 Å². The highest BCUT2D eigenvalue weighted by Crippen LogP contribution is 2.18. The fourth-order valence-electron chi connectivity index (χ4n) is 3.78. The van der Waals surface area contributed by atoms with Crippen molar-refractivity contribution in [2.75, 3.05) is 46.4 Å². The van der Waals surface area contributed by atoms with Gasteiger partial charge in [0, 0.05) is 38.3 Å².